The Kier molecular flexibility index (Phi) is 6.06. The second-order valence-corrected chi connectivity index (χ2v) is 8.51. The standard InChI is InChI=1S/C24H19NO4S2/c1-2-29-19-13-12-15-8-6-7-11-17(15)18(19)14-20-22(26)25(24(30)31-20)21(23(27)28)16-9-4-3-5-10-16/h3-14,21H,2H2,1H3,(H,27,28)/b20-14+. The van der Waals surface area contributed by atoms with Crippen molar-refractivity contribution in [3.8, 4) is 5.75 Å². The Bertz CT molecular complexity index is 1210. The summed E-state index contributed by atoms with van der Waals surface area (Å²) >= 11 is 6.52. The van der Waals surface area contributed by atoms with Crippen molar-refractivity contribution in [1.29, 1.82) is 0 Å². The smallest absolute Gasteiger partial charge is 0.331 e. The fraction of sp³-hybridized carbons (Fsp3) is 0.125. The molecule has 0 aromatic heterocycles. The zero-order valence-electron chi connectivity index (χ0n) is 16.6. The van der Waals surface area contributed by atoms with Crippen LogP contribution in [0.25, 0.3) is 16.8 Å². The molecule has 1 amide bonds. The molecule has 1 unspecified atom stereocenters. The highest BCUT2D eigenvalue weighted by Gasteiger charge is 2.41. The summed E-state index contributed by atoms with van der Waals surface area (Å²) in [5, 5.41) is 11.8. The first kappa shape index (κ1) is 21.1. The van der Waals surface area contributed by atoms with Gasteiger partial charge in [-0.2, -0.15) is 0 Å². The number of fused-ring (bicyclic) bond motifs is 1. The van der Waals surface area contributed by atoms with Gasteiger partial charge in [-0.25, -0.2) is 4.79 Å². The minimum absolute atomic E-state index is 0.214. The lowest BCUT2D eigenvalue weighted by molar-refractivity contribution is -0.145. The van der Waals surface area contributed by atoms with Crippen LogP contribution in [0.3, 0.4) is 0 Å². The molecule has 3 aromatic carbocycles. The van der Waals surface area contributed by atoms with Gasteiger partial charge >= 0.3 is 5.97 Å². The predicted octanol–water partition coefficient (Wildman–Crippen LogP) is 5.27. The van der Waals surface area contributed by atoms with E-state index in [9.17, 15) is 14.7 Å². The summed E-state index contributed by atoms with van der Waals surface area (Å²) in [6.45, 7) is 2.38. The number of aliphatic carboxylic acids is 1. The van der Waals surface area contributed by atoms with E-state index in [0.29, 0.717) is 22.8 Å². The monoisotopic (exact) mass is 449 g/mol. The molecule has 7 heteroatoms. The van der Waals surface area contributed by atoms with Crippen molar-refractivity contribution < 1.29 is 19.4 Å². The minimum Gasteiger partial charge on any atom is -0.493 e. The number of carbonyl (C=O) groups is 2. The third-order valence-corrected chi connectivity index (χ3v) is 6.27. The van der Waals surface area contributed by atoms with E-state index < -0.39 is 17.9 Å². The van der Waals surface area contributed by atoms with Crippen LogP contribution in [0.15, 0.2) is 71.6 Å². The van der Waals surface area contributed by atoms with Crippen LogP contribution in [0.1, 0.15) is 24.1 Å². The van der Waals surface area contributed by atoms with Gasteiger partial charge in [0, 0.05) is 5.56 Å². The normalized spacial score (nSPS) is 16.2. The summed E-state index contributed by atoms with van der Waals surface area (Å²) in [4.78, 5) is 26.9. The molecule has 1 saturated heterocycles. The summed E-state index contributed by atoms with van der Waals surface area (Å²) < 4.78 is 6.01. The highest BCUT2D eigenvalue weighted by molar-refractivity contribution is 8.26. The maximum Gasteiger partial charge on any atom is 0.331 e. The summed E-state index contributed by atoms with van der Waals surface area (Å²) in [6, 6.07) is 19.1. The Morgan fingerprint density at radius 1 is 1.13 bits per heavy atom. The number of benzene rings is 3. The van der Waals surface area contributed by atoms with Crippen molar-refractivity contribution in [2.75, 3.05) is 6.61 Å². The SMILES string of the molecule is CCOc1ccc2ccccc2c1/C=C1/SC(=S)N(C(C(=O)O)c2ccccc2)C1=O. The topological polar surface area (TPSA) is 66.8 Å². The molecule has 5 nitrogen and oxygen atoms in total. The number of hydrogen-bond acceptors (Lipinski definition) is 5. The van der Waals surface area contributed by atoms with Gasteiger partial charge in [-0.1, -0.05) is 84.6 Å². The third kappa shape index (κ3) is 4.06. The lowest BCUT2D eigenvalue weighted by atomic mass is 10.0. The van der Waals surface area contributed by atoms with E-state index in [4.69, 9.17) is 17.0 Å². The van der Waals surface area contributed by atoms with Gasteiger partial charge in [-0.15, -0.1) is 0 Å². The molecule has 1 fully saturated rings. The van der Waals surface area contributed by atoms with Gasteiger partial charge in [0.05, 0.1) is 11.5 Å². The molecule has 31 heavy (non-hydrogen) atoms. The highest BCUT2D eigenvalue weighted by Crippen LogP contribution is 2.40. The van der Waals surface area contributed by atoms with Gasteiger partial charge in [0.15, 0.2) is 6.04 Å². The number of carboxylic acid groups (broad SMARTS) is 1. The van der Waals surface area contributed by atoms with Gasteiger partial charge in [0.25, 0.3) is 5.91 Å². The predicted molar refractivity (Wildman–Crippen MR) is 127 cm³/mol. The summed E-state index contributed by atoms with van der Waals surface area (Å²) in [5.41, 5.74) is 1.26. The first-order chi connectivity index (χ1) is 15.0. The van der Waals surface area contributed by atoms with Crippen LogP contribution >= 0.6 is 24.0 Å². The zero-order valence-corrected chi connectivity index (χ0v) is 18.3. The second kappa shape index (κ2) is 8.91. The molecule has 1 aliphatic heterocycles. The van der Waals surface area contributed by atoms with Crippen LogP contribution in [0, 0.1) is 0 Å². The van der Waals surface area contributed by atoms with E-state index in [2.05, 4.69) is 0 Å². The van der Waals surface area contributed by atoms with E-state index in [-0.39, 0.29) is 4.32 Å². The van der Waals surface area contributed by atoms with Crippen LogP contribution in [-0.2, 0) is 9.59 Å². The number of carboxylic acids is 1. The molecule has 0 saturated carbocycles. The number of rotatable bonds is 6. The number of nitrogens with zero attached hydrogens (tertiary/aromatic N) is 1. The van der Waals surface area contributed by atoms with Crippen LogP contribution in [0.4, 0.5) is 0 Å². The Morgan fingerprint density at radius 2 is 1.84 bits per heavy atom. The average Bonchev–Trinajstić information content (AvgIpc) is 3.04. The maximum absolute atomic E-state index is 13.3. The second-order valence-electron chi connectivity index (χ2n) is 6.83. The molecule has 156 valence electrons. The molecule has 3 aromatic rings. The lowest BCUT2D eigenvalue weighted by Crippen LogP contribution is -2.37. The molecule has 0 aliphatic carbocycles. The first-order valence-corrected chi connectivity index (χ1v) is 10.9. The van der Waals surface area contributed by atoms with Crippen molar-refractivity contribution in [3.05, 3.63) is 82.8 Å². The molecule has 0 radical (unpaired) electrons. The van der Waals surface area contributed by atoms with E-state index >= 15 is 0 Å². The highest BCUT2D eigenvalue weighted by atomic mass is 32.2. The fourth-order valence-electron chi connectivity index (χ4n) is 3.58. The Hall–Kier alpha value is -3.16. The molecule has 4 rings (SSSR count). The first-order valence-electron chi connectivity index (χ1n) is 9.70. The number of thioether (sulfide) groups is 1. The van der Waals surface area contributed by atoms with Gasteiger partial charge in [0.1, 0.15) is 10.1 Å². The number of hydrogen-bond donors (Lipinski definition) is 1. The summed E-state index contributed by atoms with van der Waals surface area (Å²) in [7, 11) is 0. The zero-order chi connectivity index (χ0) is 22.0. The molecule has 1 heterocycles. The van der Waals surface area contributed by atoms with Gasteiger partial charge in [-0.05, 0) is 35.4 Å². The number of ether oxygens (including phenoxy) is 1. The fourth-order valence-corrected chi connectivity index (χ4v) is 4.87. The third-order valence-electron chi connectivity index (χ3n) is 4.94. The molecule has 1 N–H and O–H groups in total. The van der Waals surface area contributed by atoms with Crippen molar-refractivity contribution in [2.45, 2.75) is 13.0 Å². The van der Waals surface area contributed by atoms with Crippen molar-refractivity contribution in [3.63, 3.8) is 0 Å². The number of carbonyl (C=O) groups excluding carboxylic acids is 1. The minimum atomic E-state index is -1.18. The lowest BCUT2D eigenvalue weighted by Gasteiger charge is -2.23. The number of thiocarbonyl (C=S) groups is 1. The van der Waals surface area contributed by atoms with Gasteiger partial charge in [-0.3, -0.25) is 9.69 Å². The quantitative estimate of drug-likeness (QED) is 0.409. The van der Waals surface area contributed by atoms with Crippen LogP contribution in [-0.4, -0.2) is 32.8 Å². The van der Waals surface area contributed by atoms with Crippen LogP contribution in [0.5, 0.6) is 5.75 Å². The van der Waals surface area contributed by atoms with Gasteiger partial charge in [0.2, 0.25) is 0 Å². The van der Waals surface area contributed by atoms with Crippen LogP contribution < -0.4 is 4.74 Å². The summed E-state index contributed by atoms with van der Waals surface area (Å²) in [6.07, 6.45) is 1.75. The van der Waals surface area contributed by atoms with E-state index in [0.717, 1.165) is 28.1 Å². The molecular weight excluding hydrogens is 430 g/mol. The average molecular weight is 450 g/mol. The van der Waals surface area contributed by atoms with Crippen LogP contribution in [0.2, 0.25) is 0 Å². The van der Waals surface area contributed by atoms with Crippen molar-refractivity contribution >= 4 is 57.0 Å². The molecular formula is C24H19NO4S2. The molecule has 0 spiro atoms. The molecule has 1 atom stereocenters. The van der Waals surface area contributed by atoms with Crippen molar-refractivity contribution in [1.82, 2.24) is 4.90 Å². The van der Waals surface area contributed by atoms with E-state index in [1.54, 1.807) is 36.4 Å². The Balaban J connectivity index is 1.79. The Labute approximate surface area is 189 Å². The largest absolute Gasteiger partial charge is 0.493 e. The van der Waals surface area contributed by atoms with E-state index in [1.165, 1.54) is 4.90 Å². The Morgan fingerprint density at radius 3 is 2.55 bits per heavy atom. The molecule has 1 aliphatic rings. The maximum atomic E-state index is 13.3. The molecule has 0 bridgehead atoms. The number of amides is 1. The summed E-state index contributed by atoms with van der Waals surface area (Å²) in [5.74, 6) is -0.908. The van der Waals surface area contributed by atoms with Crippen molar-refractivity contribution in [2.24, 2.45) is 0 Å². The van der Waals surface area contributed by atoms with Gasteiger partial charge < -0.3 is 9.84 Å². The van der Waals surface area contributed by atoms with E-state index in [1.807, 2.05) is 43.3 Å².